The number of fused-ring (bicyclic) bond motifs is 4. The van der Waals surface area contributed by atoms with Crippen LogP contribution in [0.3, 0.4) is 0 Å². The van der Waals surface area contributed by atoms with Crippen molar-refractivity contribution >= 4 is 23.9 Å². The van der Waals surface area contributed by atoms with Crippen molar-refractivity contribution < 1.29 is 47.6 Å². The van der Waals surface area contributed by atoms with Crippen molar-refractivity contribution in [2.75, 3.05) is 0 Å². The molecule has 0 fully saturated rings. The van der Waals surface area contributed by atoms with Crippen LogP contribution in [0.2, 0.25) is 0 Å². The van der Waals surface area contributed by atoms with Gasteiger partial charge >= 0.3 is 23.9 Å². The summed E-state index contributed by atoms with van der Waals surface area (Å²) in [7, 11) is 0. The molecular weight excluding hydrogens is 568 g/mol. The van der Waals surface area contributed by atoms with E-state index in [1.807, 2.05) is 24.3 Å². The van der Waals surface area contributed by atoms with Crippen LogP contribution in [-0.2, 0) is 19.2 Å². The Morgan fingerprint density at radius 2 is 0.659 bits per heavy atom. The topological polar surface area (TPSA) is 124 Å². The summed E-state index contributed by atoms with van der Waals surface area (Å²) in [5.41, 5.74) is 3.19. The van der Waals surface area contributed by atoms with Crippen molar-refractivity contribution in [1.29, 1.82) is 0 Å². The molecule has 2 aliphatic heterocycles. The van der Waals surface area contributed by atoms with Crippen LogP contribution in [0.25, 0.3) is 0 Å². The van der Waals surface area contributed by atoms with Gasteiger partial charge in [-0.25, -0.2) is 0 Å². The van der Waals surface area contributed by atoms with E-state index >= 15 is 0 Å². The number of hydrogen-bond acceptors (Lipinski definition) is 10. The highest BCUT2D eigenvalue weighted by molar-refractivity contribution is 5.73. The van der Waals surface area contributed by atoms with Crippen molar-refractivity contribution in [2.45, 2.75) is 39.5 Å². The maximum absolute atomic E-state index is 11.7. The molecule has 2 aliphatic rings. The lowest BCUT2D eigenvalue weighted by atomic mass is 9.71. The molecule has 4 aromatic rings. The molecule has 0 spiro atoms. The molecule has 0 saturated heterocycles. The van der Waals surface area contributed by atoms with E-state index in [4.69, 9.17) is 28.4 Å². The van der Waals surface area contributed by atoms with Crippen LogP contribution in [0.15, 0.2) is 72.8 Å². The van der Waals surface area contributed by atoms with E-state index in [1.54, 1.807) is 48.5 Å². The molecule has 6 rings (SSSR count). The summed E-state index contributed by atoms with van der Waals surface area (Å²) in [6, 6.07) is 20.7. The van der Waals surface area contributed by atoms with Crippen molar-refractivity contribution in [3.63, 3.8) is 0 Å². The highest BCUT2D eigenvalue weighted by Gasteiger charge is 2.41. The summed E-state index contributed by atoms with van der Waals surface area (Å²) in [4.78, 5) is 46.9. The fraction of sp³-hybridized carbons (Fsp3) is 0.176. The molecule has 0 amide bonds. The van der Waals surface area contributed by atoms with Crippen LogP contribution in [0.4, 0.5) is 0 Å². The standard InChI is InChI=1S/C34H26O10/c1-17(35)39-21-5-9-25-29(13-21)43-30-14-22(40-18(2)36)6-10-26(30)33(25)34-27-11-7-23(41-19(3)37)15-31(27)44-32-16-24(42-20(4)38)8-12-28(32)34/h5-16,33-34H,1-4H3. The van der Waals surface area contributed by atoms with E-state index in [0.29, 0.717) is 46.0 Å². The zero-order valence-corrected chi connectivity index (χ0v) is 24.2. The second-order valence-corrected chi connectivity index (χ2v) is 10.3. The number of ether oxygens (including phenoxy) is 6. The Hall–Kier alpha value is -5.64. The summed E-state index contributed by atoms with van der Waals surface area (Å²) in [6.07, 6.45) is 0. The van der Waals surface area contributed by atoms with Gasteiger partial charge in [0.1, 0.15) is 46.0 Å². The molecule has 0 saturated carbocycles. The van der Waals surface area contributed by atoms with Gasteiger partial charge in [-0.1, -0.05) is 24.3 Å². The fourth-order valence-corrected chi connectivity index (χ4v) is 5.65. The van der Waals surface area contributed by atoms with Gasteiger partial charge in [0.2, 0.25) is 0 Å². The normalized spacial score (nSPS) is 13.1. The van der Waals surface area contributed by atoms with Crippen molar-refractivity contribution in [2.24, 2.45) is 0 Å². The predicted molar refractivity (Wildman–Crippen MR) is 155 cm³/mol. The number of hydrogen-bond donors (Lipinski definition) is 0. The molecule has 0 N–H and O–H groups in total. The molecular formula is C34H26O10. The first-order valence-electron chi connectivity index (χ1n) is 13.7. The van der Waals surface area contributed by atoms with E-state index in [0.717, 1.165) is 22.3 Å². The second kappa shape index (κ2) is 11.2. The minimum absolute atomic E-state index is 0.305. The van der Waals surface area contributed by atoms with Crippen molar-refractivity contribution in [3.8, 4) is 46.0 Å². The number of carbonyl (C=O) groups is 4. The van der Waals surface area contributed by atoms with Gasteiger partial charge < -0.3 is 28.4 Å². The smallest absolute Gasteiger partial charge is 0.308 e. The molecule has 0 aromatic heterocycles. The van der Waals surface area contributed by atoms with Crippen molar-refractivity contribution in [1.82, 2.24) is 0 Å². The summed E-state index contributed by atoms with van der Waals surface area (Å²) in [5, 5.41) is 0. The monoisotopic (exact) mass is 594 g/mol. The Labute approximate surface area is 252 Å². The highest BCUT2D eigenvalue weighted by atomic mass is 16.6. The maximum atomic E-state index is 11.7. The quantitative estimate of drug-likeness (QED) is 0.185. The number of carbonyl (C=O) groups excluding carboxylic acids is 4. The van der Waals surface area contributed by atoms with Gasteiger partial charge in [-0.15, -0.1) is 0 Å². The van der Waals surface area contributed by atoms with E-state index in [2.05, 4.69) is 0 Å². The first kappa shape index (κ1) is 28.5. The molecule has 10 nitrogen and oxygen atoms in total. The highest BCUT2D eigenvalue weighted by Crippen LogP contribution is 2.58. The molecule has 0 unspecified atom stereocenters. The third-order valence-electron chi connectivity index (χ3n) is 7.10. The molecule has 4 aromatic carbocycles. The van der Waals surface area contributed by atoms with Crippen LogP contribution in [0.5, 0.6) is 46.0 Å². The summed E-state index contributed by atoms with van der Waals surface area (Å²) >= 11 is 0. The first-order chi connectivity index (χ1) is 21.0. The summed E-state index contributed by atoms with van der Waals surface area (Å²) in [6.45, 7) is 5.25. The Kier molecular flexibility index (Phi) is 7.26. The minimum Gasteiger partial charge on any atom is -0.456 e. The minimum atomic E-state index is -0.477. The molecule has 222 valence electrons. The number of esters is 4. The number of benzene rings is 4. The van der Waals surface area contributed by atoms with Gasteiger partial charge in [0.05, 0.1) is 0 Å². The third kappa shape index (κ3) is 5.57. The molecule has 2 heterocycles. The Morgan fingerprint density at radius 1 is 0.432 bits per heavy atom. The van der Waals surface area contributed by atoms with Gasteiger partial charge in [-0.3, -0.25) is 19.2 Å². The molecule has 0 bridgehead atoms. The lowest BCUT2D eigenvalue weighted by Crippen LogP contribution is -2.22. The maximum Gasteiger partial charge on any atom is 0.308 e. The van der Waals surface area contributed by atoms with E-state index in [1.165, 1.54) is 27.7 Å². The Morgan fingerprint density at radius 3 is 0.864 bits per heavy atom. The zero-order valence-electron chi connectivity index (χ0n) is 24.2. The molecule has 0 radical (unpaired) electrons. The van der Waals surface area contributed by atoms with E-state index in [-0.39, 0.29) is 11.8 Å². The lowest BCUT2D eigenvalue weighted by Gasteiger charge is -2.38. The van der Waals surface area contributed by atoms with Gasteiger partial charge in [0.15, 0.2) is 0 Å². The van der Waals surface area contributed by atoms with Gasteiger partial charge in [-0.05, 0) is 24.3 Å². The van der Waals surface area contributed by atoms with Gasteiger partial charge in [0.25, 0.3) is 0 Å². The van der Waals surface area contributed by atoms with Gasteiger partial charge in [0, 0.05) is 86.1 Å². The Bertz CT molecular complexity index is 1590. The van der Waals surface area contributed by atoms with Crippen LogP contribution in [0.1, 0.15) is 61.8 Å². The summed E-state index contributed by atoms with van der Waals surface area (Å²) in [5.74, 6) is 0.338. The third-order valence-corrected chi connectivity index (χ3v) is 7.10. The van der Waals surface area contributed by atoms with E-state index in [9.17, 15) is 19.2 Å². The summed E-state index contributed by atoms with van der Waals surface area (Å²) < 4.78 is 34.0. The van der Waals surface area contributed by atoms with Crippen molar-refractivity contribution in [3.05, 3.63) is 95.1 Å². The first-order valence-corrected chi connectivity index (χ1v) is 13.7. The van der Waals surface area contributed by atoms with Crippen LogP contribution >= 0.6 is 0 Å². The Balaban J connectivity index is 1.57. The average molecular weight is 595 g/mol. The van der Waals surface area contributed by atoms with Crippen LogP contribution in [-0.4, -0.2) is 23.9 Å². The van der Waals surface area contributed by atoms with Crippen LogP contribution < -0.4 is 28.4 Å². The van der Waals surface area contributed by atoms with E-state index < -0.39 is 23.9 Å². The predicted octanol–water partition coefficient (Wildman–Crippen LogP) is 6.56. The zero-order chi connectivity index (χ0) is 31.1. The second-order valence-electron chi connectivity index (χ2n) is 10.3. The molecule has 10 heteroatoms. The van der Waals surface area contributed by atoms with Gasteiger partial charge in [-0.2, -0.15) is 0 Å². The fourth-order valence-electron chi connectivity index (χ4n) is 5.65. The molecule has 0 aliphatic carbocycles. The molecule has 0 atom stereocenters. The van der Waals surface area contributed by atoms with Crippen LogP contribution in [0, 0.1) is 0 Å². The number of rotatable bonds is 5. The lowest BCUT2D eigenvalue weighted by molar-refractivity contribution is -0.132. The average Bonchev–Trinajstić information content (AvgIpc) is 2.93. The SMILES string of the molecule is CC(=O)Oc1ccc2c(c1)Oc1cc(OC(C)=O)ccc1C2C1c2ccc(OC(C)=O)cc2Oc2cc(OC(C)=O)ccc21. The molecule has 44 heavy (non-hydrogen) atoms. The largest absolute Gasteiger partial charge is 0.456 e.